The highest BCUT2D eigenvalue weighted by Gasteiger charge is 2.48. The molecule has 1 aliphatic heterocycles. The van der Waals surface area contributed by atoms with Crippen LogP contribution in [0.4, 0.5) is 5.69 Å². The minimum Gasteiger partial charge on any atom is -0.507 e. The van der Waals surface area contributed by atoms with Crippen molar-refractivity contribution >= 4 is 50.4 Å². The lowest BCUT2D eigenvalue weighted by Crippen LogP contribution is -2.29. The number of aliphatic hydroxyl groups is 1. The smallest absolute Gasteiger partial charge is 0.300 e. The Hall–Kier alpha value is -2.70. The Morgan fingerprint density at radius 1 is 0.935 bits per heavy atom. The molecule has 158 valence electrons. The number of benzene rings is 2. The van der Waals surface area contributed by atoms with E-state index in [2.05, 4.69) is 15.9 Å². The van der Waals surface area contributed by atoms with Crippen molar-refractivity contribution in [3.05, 3.63) is 90.6 Å². The minimum atomic E-state index is -0.675. The van der Waals surface area contributed by atoms with Crippen LogP contribution in [0.25, 0.3) is 5.76 Å². The monoisotopic (exact) mass is 495 g/mol. The van der Waals surface area contributed by atoms with E-state index in [1.165, 1.54) is 16.2 Å². The molecule has 0 spiro atoms. The molecule has 1 atom stereocenters. The standard InChI is InChI=1S/C25H22BrNO3S/c1-13-5-7-18(12-15(13)3)27-21(24-14(2)9-10-31-24)20(23(29)25(27)30)22(28)17-6-8-19(26)16(4)11-17/h5-12,21,28H,1-4H3/b22-20-. The summed E-state index contributed by atoms with van der Waals surface area (Å²) in [7, 11) is 0. The fourth-order valence-corrected chi connectivity index (χ4v) is 5.11. The van der Waals surface area contributed by atoms with Crippen molar-refractivity contribution in [2.75, 3.05) is 4.90 Å². The molecular weight excluding hydrogens is 474 g/mol. The second-order valence-corrected chi connectivity index (χ2v) is 9.67. The third-order valence-electron chi connectivity index (χ3n) is 5.79. The first-order valence-corrected chi connectivity index (χ1v) is 11.6. The zero-order valence-corrected chi connectivity index (χ0v) is 20.1. The largest absolute Gasteiger partial charge is 0.507 e. The number of halogens is 1. The molecule has 1 saturated heterocycles. The van der Waals surface area contributed by atoms with Gasteiger partial charge in [-0.15, -0.1) is 11.3 Å². The summed E-state index contributed by atoms with van der Waals surface area (Å²) in [5.41, 5.74) is 5.32. The van der Waals surface area contributed by atoms with Crippen LogP contribution in [0.5, 0.6) is 0 Å². The van der Waals surface area contributed by atoms with Crippen molar-refractivity contribution in [3.63, 3.8) is 0 Å². The number of Topliss-reactive ketones (excluding diaryl/α,β-unsaturated/α-hetero) is 1. The Labute approximate surface area is 194 Å². The van der Waals surface area contributed by atoms with Gasteiger partial charge in [-0.1, -0.05) is 28.1 Å². The van der Waals surface area contributed by atoms with Crippen LogP contribution in [0.15, 0.2) is 57.9 Å². The molecule has 2 aromatic carbocycles. The highest BCUT2D eigenvalue weighted by Crippen LogP contribution is 2.45. The Kier molecular flexibility index (Phi) is 5.62. The van der Waals surface area contributed by atoms with Crippen LogP contribution in [0.3, 0.4) is 0 Å². The van der Waals surface area contributed by atoms with Crippen molar-refractivity contribution in [3.8, 4) is 0 Å². The minimum absolute atomic E-state index is 0.121. The van der Waals surface area contributed by atoms with Crippen molar-refractivity contribution in [2.45, 2.75) is 33.7 Å². The van der Waals surface area contributed by atoms with Gasteiger partial charge in [-0.2, -0.15) is 0 Å². The molecule has 4 rings (SSSR count). The number of carbonyl (C=O) groups is 2. The van der Waals surface area contributed by atoms with Gasteiger partial charge in [0.05, 0.1) is 5.57 Å². The lowest BCUT2D eigenvalue weighted by molar-refractivity contribution is -0.132. The average Bonchev–Trinajstić information content (AvgIpc) is 3.26. The van der Waals surface area contributed by atoms with E-state index < -0.39 is 17.7 Å². The molecule has 0 aliphatic carbocycles. The quantitative estimate of drug-likeness (QED) is 0.261. The highest BCUT2D eigenvalue weighted by molar-refractivity contribution is 9.10. The van der Waals surface area contributed by atoms with Gasteiger partial charge in [-0.25, -0.2) is 0 Å². The third-order valence-corrected chi connectivity index (χ3v) is 7.76. The van der Waals surface area contributed by atoms with Gasteiger partial charge < -0.3 is 5.11 Å². The first-order chi connectivity index (χ1) is 14.7. The SMILES string of the molecule is Cc1ccc(N2C(=O)C(=O)/C(=C(\O)c3ccc(Br)c(C)c3)C2c2sccc2C)cc1C. The molecule has 31 heavy (non-hydrogen) atoms. The molecule has 0 bridgehead atoms. The van der Waals surface area contributed by atoms with E-state index in [-0.39, 0.29) is 11.3 Å². The van der Waals surface area contributed by atoms with E-state index in [0.717, 1.165) is 31.6 Å². The maximum absolute atomic E-state index is 13.2. The van der Waals surface area contributed by atoms with E-state index in [1.807, 2.05) is 63.4 Å². The van der Waals surface area contributed by atoms with Gasteiger partial charge in [0.1, 0.15) is 11.8 Å². The summed E-state index contributed by atoms with van der Waals surface area (Å²) in [5, 5.41) is 13.2. The molecule has 1 fully saturated rings. The molecule has 4 nitrogen and oxygen atoms in total. The summed E-state index contributed by atoms with van der Waals surface area (Å²) in [6.45, 7) is 7.85. The van der Waals surface area contributed by atoms with E-state index in [0.29, 0.717) is 11.3 Å². The molecule has 1 N–H and O–H groups in total. The number of amides is 1. The number of hydrogen-bond donors (Lipinski definition) is 1. The number of aryl methyl sites for hydroxylation is 4. The molecular formula is C25H22BrNO3S. The van der Waals surface area contributed by atoms with E-state index in [4.69, 9.17) is 0 Å². The molecule has 1 aliphatic rings. The molecule has 2 heterocycles. The Morgan fingerprint density at radius 3 is 2.29 bits per heavy atom. The molecule has 0 saturated carbocycles. The number of anilines is 1. The number of carbonyl (C=O) groups excluding carboxylic acids is 2. The van der Waals surface area contributed by atoms with Gasteiger partial charge >= 0.3 is 0 Å². The van der Waals surface area contributed by atoms with Gasteiger partial charge in [0, 0.05) is 20.6 Å². The first-order valence-electron chi connectivity index (χ1n) is 9.89. The van der Waals surface area contributed by atoms with Gasteiger partial charge in [-0.3, -0.25) is 14.5 Å². The number of thiophene rings is 1. The van der Waals surface area contributed by atoms with Crippen LogP contribution < -0.4 is 4.90 Å². The maximum atomic E-state index is 13.2. The lowest BCUT2D eigenvalue weighted by atomic mass is 9.97. The average molecular weight is 496 g/mol. The molecule has 1 aromatic heterocycles. The molecule has 0 radical (unpaired) electrons. The predicted octanol–water partition coefficient (Wildman–Crippen LogP) is 6.37. The normalized spacial score (nSPS) is 18.1. The number of ketones is 1. The van der Waals surface area contributed by atoms with Crippen LogP contribution in [-0.4, -0.2) is 16.8 Å². The van der Waals surface area contributed by atoms with Crippen molar-refractivity contribution < 1.29 is 14.7 Å². The van der Waals surface area contributed by atoms with Gasteiger partial charge in [0.15, 0.2) is 0 Å². The van der Waals surface area contributed by atoms with E-state index in [9.17, 15) is 14.7 Å². The van der Waals surface area contributed by atoms with Crippen LogP contribution in [-0.2, 0) is 9.59 Å². The molecule has 3 aromatic rings. The topological polar surface area (TPSA) is 57.6 Å². The summed E-state index contributed by atoms with van der Waals surface area (Å²) < 4.78 is 0.908. The molecule has 1 unspecified atom stereocenters. The lowest BCUT2D eigenvalue weighted by Gasteiger charge is -2.25. The van der Waals surface area contributed by atoms with Crippen molar-refractivity contribution in [2.24, 2.45) is 0 Å². The van der Waals surface area contributed by atoms with Crippen LogP contribution >= 0.6 is 27.3 Å². The van der Waals surface area contributed by atoms with Gasteiger partial charge in [0.25, 0.3) is 11.7 Å². The number of hydrogen-bond acceptors (Lipinski definition) is 4. The zero-order chi connectivity index (χ0) is 22.4. The second-order valence-electron chi connectivity index (χ2n) is 7.87. The number of aliphatic hydroxyl groups excluding tert-OH is 1. The highest BCUT2D eigenvalue weighted by atomic mass is 79.9. The number of rotatable bonds is 3. The third kappa shape index (κ3) is 3.64. The van der Waals surface area contributed by atoms with Crippen molar-refractivity contribution in [1.29, 1.82) is 0 Å². The fraction of sp³-hybridized carbons (Fsp3) is 0.200. The van der Waals surface area contributed by atoms with Crippen LogP contribution in [0, 0.1) is 27.7 Å². The summed E-state index contributed by atoms with van der Waals surface area (Å²) in [5.74, 6) is -1.45. The van der Waals surface area contributed by atoms with Crippen molar-refractivity contribution in [1.82, 2.24) is 0 Å². The fourth-order valence-electron chi connectivity index (χ4n) is 3.83. The summed E-state index contributed by atoms with van der Waals surface area (Å²) >= 11 is 4.94. The Balaban J connectivity index is 1.96. The van der Waals surface area contributed by atoms with Gasteiger partial charge in [-0.05, 0) is 85.7 Å². The summed E-state index contributed by atoms with van der Waals surface area (Å²) in [6, 6.07) is 12.4. The van der Waals surface area contributed by atoms with Crippen LogP contribution in [0.1, 0.15) is 38.7 Å². The summed E-state index contributed by atoms with van der Waals surface area (Å²) in [6.07, 6.45) is 0. The van der Waals surface area contributed by atoms with E-state index >= 15 is 0 Å². The Morgan fingerprint density at radius 2 is 1.68 bits per heavy atom. The molecule has 1 amide bonds. The second kappa shape index (κ2) is 8.09. The van der Waals surface area contributed by atoms with E-state index in [1.54, 1.807) is 12.1 Å². The zero-order valence-electron chi connectivity index (χ0n) is 17.7. The van der Waals surface area contributed by atoms with Crippen LogP contribution in [0.2, 0.25) is 0 Å². The first kappa shape index (κ1) is 21.5. The Bertz CT molecular complexity index is 1260. The maximum Gasteiger partial charge on any atom is 0.300 e. The predicted molar refractivity (Wildman–Crippen MR) is 129 cm³/mol. The van der Waals surface area contributed by atoms with Gasteiger partial charge in [0.2, 0.25) is 0 Å². The number of nitrogens with zero attached hydrogens (tertiary/aromatic N) is 1. The molecule has 6 heteroatoms. The summed E-state index contributed by atoms with van der Waals surface area (Å²) in [4.78, 5) is 28.8.